The quantitative estimate of drug-likeness (QED) is 0.432. The molecule has 0 radical (unpaired) electrons. The molecule has 0 bridgehead atoms. The normalized spacial score (nSPS) is 33.6. The van der Waals surface area contributed by atoms with Crippen LogP contribution in [0.3, 0.4) is 0 Å². The molecule has 60 valence electrons. The Labute approximate surface area is 63.8 Å². The first-order valence-corrected chi connectivity index (χ1v) is 3.61. The standard InChI is InChI=1S/C7H9NO3/c9-7(10)11-4-1-2-5-6(3-4)8-5/h1,5-6,8H,2-3H2,(H,9,10). The van der Waals surface area contributed by atoms with Crippen LogP contribution >= 0.6 is 0 Å². The maximum Gasteiger partial charge on any atom is 0.511 e. The van der Waals surface area contributed by atoms with Crippen molar-refractivity contribution in [2.75, 3.05) is 0 Å². The number of fused-ring (bicyclic) bond motifs is 1. The fourth-order valence-electron chi connectivity index (χ4n) is 1.41. The second kappa shape index (κ2) is 2.23. The molecule has 11 heavy (non-hydrogen) atoms. The van der Waals surface area contributed by atoms with Gasteiger partial charge in [-0.1, -0.05) is 0 Å². The van der Waals surface area contributed by atoms with E-state index >= 15 is 0 Å². The van der Waals surface area contributed by atoms with E-state index in [0.717, 1.165) is 12.8 Å². The van der Waals surface area contributed by atoms with Crippen molar-refractivity contribution < 1.29 is 14.6 Å². The van der Waals surface area contributed by atoms with E-state index < -0.39 is 6.16 Å². The number of carboxylic acid groups (broad SMARTS) is 1. The summed E-state index contributed by atoms with van der Waals surface area (Å²) in [5, 5.41) is 11.5. The summed E-state index contributed by atoms with van der Waals surface area (Å²) in [4.78, 5) is 10.1. The monoisotopic (exact) mass is 155 g/mol. The van der Waals surface area contributed by atoms with Gasteiger partial charge in [-0.05, 0) is 12.5 Å². The molecule has 0 amide bonds. The molecule has 2 atom stereocenters. The summed E-state index contributed by atoms with van der Waals surface area (Å²) in [7, 11) is 0. The molecule has 1 fully saturated rings. The van der Waals surface area contributed by atoms with E-state index in [2.05, 4.69) is 10.1 Å². The second-order valence-electron chi connectivity index (χ2n) is 2.86. The van der Waals surface area contributed by atoms with Gasteiger partial charge in [-0.3, -0.25) is 0 Å². The first-order chi connectivity index (χ1) is 5.25. The maximum absolute atomic E-state index is 10.1. The largest absolute Gasteiger partial charge is 0.511 e. The van der Waals surface area contributed by atoms with E-state index in [1.54, 1.807) is 0 Å². The predicted molar refractivity (Wildman–Crippen MR) is 37.1 cm³/mol. The molecule has 4 heteroatoms. The zero-order valence-electron chi connectivity index (χ0n) is 5.91. The topological polar surface area (TPSA) is 68.5 Å². The summed E-state index contributed by atoms with van der Waals surface area (Å²) in [6.07, 6.45) is 2.25. The smallest absolute Gasteiger partial charge is 0.449 e. The van der Waals surface area contributed by atoms with Gasteiger partial charge in [0, 0.05) is 18.5 Å². The van der Waals surface area contributed by atoms with E-state index in [-0.39, 0.29) is 0 Å². The summed E-state index contributed by atoms with van der Waals surface area (Å²) in [5.74, 6) is 0.587. The van der Waals surface area contributed by atoms with Gasteiger partial charge in [0.15, 0.2) is 0 Å². The number of carbonyl (C=O) groups is 1. The molecule has 1 aliphatic heterocycles. The van der Waals surface area contributed by atoms with Crippen LogP contribution in [0.2, 0.25) is 0 Å². The third-order valence-electron chi connectivity index (χ3n) is 2.04. The van der Waals surface area contributed by atoms with Crippen molar-refractivity contribution in [3.8, 4) is 0 Å². The van der Waals surface area contributed by atoms with Crippen molar-refractivity contribution >= 4 is 6.16 Å². The molecule has 1 saturated heterocycles. The lowest BCUT2D eigenvalue weighted by atomic mass is 10.1. The highest BCUT2D eigenvalue weighted by atomic mass is 16.7. The summed E-state index contributed by atoms with van der Waals surface area (Å²) in [6, 6.07) is 1.05. The number of hydrogen-bond acceptors (Lipinski definition) is 3. The van der Waals surface area contributed by atoms with Crippen molar-refractivity contribution in [3.05, 3.63) is 11.8 Å². The summed E-state index contributed by atoms with van der Waals surface area (Å²) >= 11 is 0. The Morgan fingerprint density at radius 3 is 3.18 bits per heavy atom. The highest BCUT2D eigenvalue weighted by Crippen LogP contribution is 2.28. The zero-order valence-corrected chi connectivity index (χ0v) is 5.91. The van der Waals surface area contributed by atoms with Crippen molar-refractivity contribution in [2.45, 2.75) is 24.9 Å². The van der Waals surface area contributed by atoms with Gasteiger partial charge >= 0.3 is 6.16 Å². The summed E-state index contributed by atoms with van der Waals surface area (Å²) in [6.45, 7) is 0. The highest BCUT2D eigenvalue weighted by molar-refractivity contribution is 5.58. The van der Waals surface area contributed by atoms with Gasteiger partial charge in [0.05, 0.1) is 0 Å². The Kier molecular flexibility index (Phi) is 1.35. The average molecular weight is 155 g/mol. The van der Waals surface area contributed by atoms with Gasteiger partial charge < -0.3 is 15.2 Å². The molecule has 4 nitrogen and oxygen atoms in total. The van der Waals surface area contributed by atoms with Gasteiger partial charge in [-0.25, -0.2) is 4.79 Å². The minimum absolute atomic E-state index is 0.467. The first kappa shape index (κ1) is 6.67. The number of nitrogens with one attached hydrogen (secondary N) is 1. The van der Waals surface area contributed by atoms with Crippen LogP contribution in [0.25, 0.3) is 0 Å². The molecule has 2 unspecified atom stereocenters. The fraction of sp³-hybridized carbons (Fsp3) is 0.571. The Balaban J connectivity index is 1.93. The van der Waals surface area contributed by atoms with Crippen LogP contribution in [-0.4, -0.2) is 23.3 Å². The van der Waals surface area contributed by atoms with E-state index in [1.807, 2.05) is 6.08 Å². The summed E-state index contributed by atoms with van der Waals surface area (Å²) < 4.78 is 4.53. The molecule has 2 N–H and O–H groups in total. The average Bonchev–Trinajstić information content (AvgIpc) is 2.63. The van der Waals surface area contributed by atoms with Gasteiger partial charge in [0.25, 0.3) is 0 Å². The minimum atomic E-state index is -1.21. The van der Waals surface area contributed by atoms with Crippen LogP contribution in [0.5, 0.6) is 0 Å². The molecule has 0 aromatic heterocycles. The Hall–Kier alpha value is -1.03. The number of rotatable bonds is 1. The highest BCUT2D eigenvalue weighted by Gasteiger charge is 2.39. The molecule has 0 aromatic rings. The SMILES string of the molecule is O=C(O)OC1=CCC2NC2C1. The number of ether oxygens (including phenoxy) is 1. The molecule has 0 aromatic carbocycles. The van der Waals surface area contributed by atoms with E-state index in [0.29, 0.717) is 17.8 Å². The van der Waals surface area contributed by atoms with E-state index in [9.17, 15) is 4.79 Å². The first-order valence-electron chi connectivity index (χ1n) is 3.61. The Morgan fingerprint density at radius 1 is 1.73 bits per heavy atom. The lowest BCUT2D eigenvalue weighted by Gasteiger charge is -2.07. The van der Waals surface area contributed by atoms with Crippen molar-refractivity contribution in [2.24, 2.45) is 0 Å². The van der Waals surface area contributed by atoms with Crippen molar-refractivity contribution in [1.29, 1.82) is 0 Å². The zero-order chi connectivity index (χ0) is 7.84. The van der Waals surface area contributed by atoms with Crippen LogP contribution in [0.4, 0.5) is 4.79 Å². The molecule has 0 saturated carbocycles. The van der Waals surface area contributed by atoms with Crippen LogP contribution in [0.1, 0.15) is 12.8 Å². The molecule has 0 spiro atoms. The maximum atomic E-state index is 10.1. The summed E-state index contributed by atoms with van der Waals surface area (Å²) in [5.41, 5.74) is 0. The van der Waals surface area contributed by atoms with Crippen molar-refractivity contribution in [3.63, 3.8) is 0 Å². The minimum Gasteiger partial charge on any atom is -0.449 e. The van der Waals surface area contributed by atoms with Gasteiger partial charge in [-0.15, -0.1) is 0 Å². The van der Waals surface area contributed by atoms with Gasteiger partial charge in [0.2, 0.25) is 0 Å². The molecular weight excluding hydrogens is 146 g/mol. The van der Waals surface area contributed by atoms with E-state index in [4.69, 9.17) is 5.11 Å². The van der Waals surface area contributed by atoms with Crippen LogP contribution in [0.15, 0.2) is 11.8 Å². The lowest BCUT2D eigenvalue weighted by molar-refractivity contribution is 0.115. The van der Waals surface area contributed by atoms with Crippen LogP contribution in [0, 0.1) is 0 Å². The second-order valence-corrected chi connectivity index (χ2v) is 2.86. The molecule has 1 heterocycles. The lowest BCUT2D eigenvalue weighted by Crippen LogP contribution is -2.08. The third-order valence-corrected chi connectivity index (χ3v) is 2.04. The molecule has 2 rings (SSSR count). The number of hydrogen-bond donors (Lipinski definition) is 2. The van der Waals surface area contributed by atoms with Crippen molar-refractivity contribution in [1.82, 2.24) is 5.32 Å². The molecule has 1 aliphatic carbocycles. The Bertz CT molecular complexity index is 224. The molecular formula is C7H9NO3. The van der Waals surface area contributed by atoms with Gasteiger partial charge in [0.1, 0.15) is 5.76 Å². The fourth-order valence-corrected chi connectivity index (χ4v) is 1.41. The molecule has 2 aliphatic rings. The van der Waals surface area contributed by atoms with Crippen LogP contribution in [-0.2, 0) is 4.74 Å². The van der Waals surface area contributed by atoms with Crippen LogP contribution < -0.4 is 5.32 Å². The predicted octanol–water partition coefficient (Wildman–Crippen LogP) is 0.699. The van der Waals surface area contributed by atoms with E-state index in [1.165, 1.54) is 0 Å². The third kappa shape index (κ3) is 1.35. The Morgan fingerprint density at radius 2 is 2.55 bits per heavy atom. The van der Waals surface area contributed by atoms with Gasteiger partial charge in [-0.2, -0.15) is 0 Å².